The van der Waals surface area contributed by atoms with Gasteiger partial charge in [0, 0.05) is 6.54 Å². The maximum absolute atomic E-state index is 5.07. The minimum absolute atomic E-state index is 0.886. The summed E-state index contributed by atoms with van der Waals surface area (Å²) in [5, 5.41) is 6.22. The molecular weight excluding hydrogens is 296 g/mol. The summed E-state index contributed by atoms with van der Waals surface area (Å²) >= 11 is 0. The second-order valence-corrected chi connectivity index (χ2v) is 5.22. The van der Waals surface area contributed by atoms with Gasteiger partial charge in [0.05, 0.1) is 7.11 Å². The topological polar surface area (TPSA) is 33.3 Å². The van der Waals surface area contributed by atoms with E-state index in [1.165, 1.54) is 16.7 Å². The fraction of sp³-hybridized carbons (Fsp3) is 0.429. The first-order valence-electron chi connectivity index (χ1n) is 8.67. The highest BCUT2D eigenvalue weighted by atomic mass is 16.5. The zero-order chi connectivity index (χ0) is 18.2. The first-order chi connectivity index (χ1) is 11.7. The van der Waals surface area contributed by atoms with Gasteiger partial charge in [-0.05, 0) is 57.2 Å². The number of hydrogen-bond donors (Lipinski definition) is 2. The van der Waals surface area contributed by atoms with Crippen molar-refractivity contribution in [2.45, 2.75) is 33.7 Å². The molecule has 0 bridgehead atoms. The Labute approximate surface area is 148 Å². The second kappa shape index (κ2) is 14.7. The lowest BCUT2D eigenvalue weighted by Gasteiger charge is -2.02. The van der Waals surface area contributed by atoms with E-state index >= 15 is 0 Å². The second-order valence-electron chi connectivity index (χ2n) is 5.22. The number of hydrogen-bond acceptors (Lipinski definition) is 3. The van der Waals surface area contributed by atoms with E-state index in [1.807, 2.05) is 46.1 Å². The van der Waals surface area contributed by atoms with E-state index in [1.54, 1.807) is 7.11 Å². The first-order valence-corrected chi connectivity index (χ1v) is 8.67. The number of nitrogens with one attached hydrogen (secondary N) is 2. The van der Waals surface area contributed by atoms with Crippen LogP contribution in [0.3, 0.4) is 0 Å². The lowest BCUT2D eigenvalue weighted by Crippen LogP contribution is -2.10. The quantitative estimate of drug-likeness (QED) is 0.833. The summed E-state index contributed by atoms with van der Waals surface area (Å²) in [6.07, 6.45) is 1.12. The number of methoxy groups -OCH3 is 1. The van der Waals surface area contributed by atoms with Gasteiger partial charge in [0.1, 0.15) is 5.75 Å². The molecule has 0 saturated heterocycles. The highest BCUT2D eigenvalue weighted by Crippen LogP contribution is 2.11. The molecule has 0 saturated carbocycles. The van der Waals surface area contributed by atoms with Gasteiger partial charge in [-0.2, -0.15) is 0 Å². The van der Waals surface area contributed by atoms with E-state index in [9.17, 15) is 0 Å². The Balaban J connectivity index is 0.000000400. The average molecular weight is 331 g/mol. The molecule has 0 aromatic heterocycles. The van der Waals surface area contributed by atoms with Gasteiger partial charge in [0.2, 0.25) is 0 Å². The molecule has 2 rings (SSSR count). The van der Waals surface area contributed by atoms with Gasteiger partial charge in [0.15, 0.2) is 0 Å². The lowest BCUT2D eigenvalue weighted by molar-refractivity contribution is 0.414. The maximum atomic E-state index is 5.07. The number of aryl methyl sites for hydroxylation is 1. The number of ether oxygens (including phenoxy) is 1. The molecule has 2 aromatic carbocycles. The average Bonchev–Trinajstić information content (AvgIpc) is 2.63. The standard InChI is InChI=1S/C10H15N.C9H13NO.C2H6/c1-9-4-3-5-10(8-9)6-7-11-2;1-10-7-8-4-3-5-9(6-8)11-2;1-2/h3-5,8,11H,6-7H2,1-2H3;3-6,10H,7H2,1-2H3;1-2H3. The van der Waals surface area contributed by atoms with Crippen molar-refractivity contribution in [2.75, 3.05) is 27.7 Å². The molecule has 0 amide bonds. The van der Waals surface area contributed by atoms with E-state index in [0.29, 0.717) is 0 Å². The van der Waals surface area contributed by atoms with Crippen molar-refractivity contribution >= 4 is 0 Å². The van der Waals surface area contributed by atoms with Crippen molar-refractivity contribution in [1.29, 1.82) is 0 Å². The number of benzene rings is 2. The third-order valence-corrected chi connectivity index (χ3v) is 3.26. The summed E-state index contributed by atoms with van der Waals surface area (Å²) in [6.45, 7) is 8.07. The van der Waals surface area contributed by atoms with Crippen LogP contribution in [0.2, 0.25) is 0 Å². The molecule has 0 unspecified atom stereocenters. The summed E-state index contributed by atoms with van der Waals surface area (Å²) in [6, 6.07) is 16.7. The van der Waals surface area contributed by atoms with Gasteiger partial charge < -0.3 is 15.4 Å². The lowest BCUT2D eigenvalue weighted by atomic mass is 10.1. The largest absolute Gasteiger partial charge is 0.497 e. The van der Waals surface area contributed by atoms with Crippen LogP contribution < -0.4 is 15.4 Å². The molecule has 0 atom stereocenters. The molecule has 134 valence electrons. The molecule has 0 heterocycles. The Kier molecular flexibility index (Phi) is 13.6. The van der Waals surface area contributed by atoms with Gasteiger partial charge in [-0.3, -0.25) is 0 Å². The Bertz CT molecular complexity index is 541. The Morgan fingerprint density at radius 2 is 1.54 bits per heavy atom. The van der Waals surface area contributed by atoms with Crippen molar-refractivity contribution in [3.05, 3.63) is 65.2 Å². The molecule has 3 heteroatoms. The smallest absolute Gasteiger partial charge is 0.119 e. The molecule has 0 spiro atoms. The van der Waals surface area contributed by atoms with E-state index in [2.05, 4.69) is 47.9 Å². The van der Waals surface area contributed by atoms with E-state index in [0.717, 1.165) is 25.3 Å². The van der Waals surface area contributed by atoms with Crippen LogP contribution in [0.15, 0.2) is 48.5 Å². The van der Waals surface area contributed by atoms with Gasteiger partial charge in [-0.1, -0.05) is 55.8 Å². The monoisotopic (exact) mass is 330 g/mol. The highest BCUT2D eigenvalue weighted by molar-refractivity contribution is 5.28. The zero-order valence-corrected chi connectivity index (χ0v) is 16.1. The van der Waals surface area contributed by atoms with Crippen molar-refractivity contribution in [1.82, 2.24) is 10.6 Å². The van der Waals surface area contributed by atoms with Crippen molar-refractivity contribution in [3.8, 4) is 5.75 Å². The molecule has 0 fully saturated rings. The molecular formula is C21H34N2O. The van der Waals surface area contributed by atoms with Crippen molar-refractivity contribution in [3.63, 3.8) is 0 Å². The predicted octanol–water partition coefficient (Wildman–Crippen LogP) is 4.20. The number of likely N-dealkylation sites (N-methyl/N-ethyl adjacent to an activating group) is 1. The minimum Gasteiger partial charge on any atom is -0.497 e. The van der Waals surface area contributed by atoms with Gasteiger partial charge in [-0.15, -0.1) is 0 Å². The molecule has 2 aromatic rings. The first kappa shape index (κ1) is 22.2. The summed E-state index contributed by atoms with van der Waals surface area (Å²) in [7, 11) is 5.59. The van der Waals surface area contributed by atoms with Crippen LogP contribution in [0.4, 0.5) is 0 Å². The maximum Gasteiger partial charge on any atom is 0.119 e. The van der Waals surface area contributed by atoms with Crippen LogP contribution in [-0.2, 0) is 13.0 Å². The third-order valence-electron chi connectivity index (χ3n) is 3.26. The summed E-state index contributed by atoms with van der Waals surface area (Å²) < 4.78 is 5.07. The van der Waals surface area contributed by atoms with Crippen molar-refractivity contribution in [2.24, 2.45) is 0 Å². The van der Waals surface area contributed by atoms with Crippen molar-refractivity contribution < 1.29 is 4.74 Å². The molecule has 24 heavy (non-hydrogen) atoms. The fourth-order valence-electron chi connectivity index (χ4n) is 2.12. The molecule has 2 N–H and O–H groups in total. The van der Waals surface area contributed by atoms with E-state index in [-0.39, 0.29) is 0 Å². The van der Waals surface area contributed by atoms with Crippen LogP contribution in [0, 0.1) is 6.92 Å². The van der Waals surface area contributed by atoms with Gasteiger partial charge in [-0.25, -0.2) is 0 Å². The zero-order valence-electron chi connectivity index (χ0n) is 16.1. The minimum atomic E-state index is 0.886. The van der Waals surface area contributed by atoms with Gasteiger partial charge >= 0.3 is 0 Å². The van der Waals surface area contributed by atoms with Gasteiger partial charge in [0.25, 0.3) is 0 Å². The van der Waals surface area contributed by atoms with Crippen LogP contribution in [0.25, 0.3) is 0 Å². The van der Waals surface area contributed by atoms with Crippen LogP contribution in [-0.4, -0.2) is 27.7 Å². The molecule has 0 radical (unpaired) electrons. The Morgan fingerprint density at radius 3 is 2.12 bits per heavy atom. The van der Waals surface area contributed by atoms with Crippen LogP contribution in [0.1, 0.15) is 30.5 Å². The Hall–Kier alpha value is -1.84. The summed E-state index contributed by atoms with van der Waals surface area (Å²) in [5.74, 6) is 0.915. The fourth-order valence-corrected chi connectivity index (χ4v) is 2.12. The predicted molar refractivity (Wildman–Crippen MR) is 106 cm³/mol. The third kappa shape index (κ3) is 10.0. The Morgan fingerprint density at radius 1 is 0.875 bits per heavy atom. The summed E-state index contributed by atoms with van der Waals surface area (Å²) in [5.41, 5.74) is 4.00. The highest BCUT2D eigenvalue weighted by Gasteiger charge is 1.92. The molecule has 0 aliphatic carbocycles. The van der Waals surface area contributed by atoms with E-state index in [4.69, 9.17) is 4.74 Å². The summed E-state index contributed by atoms with van der Waals surface area (Å²) in [4.78, 5) is 0. The molecule has 0 aliphatic heterocycles. The SMILES string of the molecule is CC.CNCCc1cccc(C)c1.CNCc1cccc(OC)c1. The van der Waals surface area contributed by atoms with E-state index < -0.39 is 0 Å². The van der Waals surface area contributed by atoms with Crippen LogP contribution in [0.5, 0.6) is 5.75 Å². The molecule has 3 nitrogen and oxygen atoms in total. The van der Waals surface area contributed by atoms with Crippen LogP contribution >= 0.6 is 0 Å². The number of rotatable bonds is 6. The molecule has 0 aliphatic rings. The normalized spacial score (nSPS) is 9.25.